The summed E-state index contributed by atoms with van der Waals surface area (Å²) in [7, 11) is 0. The van der Waals surface area contributed by atoms with Crippen LogP contribution < -0.4 is 4.90 Å². The van der Waals surface area contributed by atoms with Crippen molar-refractivity contribution < 1.29 is 9.90 Å². The summed E-state index contributed by atoms with van der Waals surface area (Å²) in [5, 5.41) is 13.5. The molecule has 112 valence electrons. The monoisotopic (exact) mass is 307 g/mol. The highest BCUT2D eigenvalue weighted by Crippen LogP contribution is 2.25. The normalized spacial score (nSPS) is 10.7. The third kappa shape index (κ3) is 2.88. The molecule has 1 heterocycles. The van der Waals surface area contributed by atoms with E-state index in [1.165, 1.54) is 4.68 Å². The molecule has 0 aliphatic heterocycles. The smallest absolute Gasteiger partial charge is 0.340 e. The second-order valence-corrected chi connectivity index (χ2v) is 5.01. The number of aryl methyl sites for hydroxylation is 1. The third-order valence-electron chi connectivity index (χ3n) is 3.44. The van der Waals surface area contributed by atoms with Crippen LogP contribution in [0.4, 0.5) is 5.69 Å². The molecule has 0 saturated heterocycles. The van der Waals surface area contributed by atoms with Gasteiger partial charge >= 0.3 is 5.97 Å². The van der Waals surface area contributed by atoms with Crippen LogP contribution in [-0.4, -0.2) is 33.9 Å². The minimum Gasteiger partial charge on any atom is -0.478 e. The van der Waals surface area contributed by atoms with E-state index in [1.54, 1.807) is 6.92 Å². The molecule has 1 aromatic heterocycles. The number of halogens is 1. The number of carbonyl (C=O) groups is 1. The standard InChI is InChI=1S/C15H18ClN3O2/c1-4-18(5-2)11-6-8-12(9-7-11)19-14(16)13(15(20)21)10(3)17-19/h6-9H,4-5H2,1-3H3,(H,20,21). The van der Waals surface area contributed by atoms with Crippen molar-refractivity contribution in [1.29, 1.82) is 0 Å². The number of nitrogens with zero attached hydrogens (tertiary/aromatic N) is 3. The molecule has 0 spiro atoms. The number of benzene rings is 1. The van der Waals surface area contributed by atoms with E-state index in [9.17, 15) is 4.79 Å². The largest absolute Gasteiger partial charge is 0.478 e. The van der Waals surface area contributed by atoms with E-state index in [4.69, 9.17) is 16.7 Å². The van der Waals surface area contributed by atoms with E-state index in [1.807, 2.05) is 24.3 Å². The number of rotatable bonds is 5. The number of carboxylic acids is 1. The summed E-state index contributed by atoms with van der Waals surface area (Å²) in [5.41, 5.74) is 2.30. The van der Waals surface area contributed by atoms with Crippen molar-refractivity contribution in [2.45, 2.75) is 20.8 Å². The van der Waals surface area contributed by atoms with Crippen LogP contribution in [0.25, 0.3) is 5.69 Å². The molecule has 0 saturated carbocycles. The minimum absolute atomic E-state index is 0.0458. The van der Waals surface area contributed by atoms with Crippen molar-refractivity contribution in [1.82, 2.24) is 9.78 Å². The molecule has 0 aliphatic carbocycles. The number of aromatic nitrogens is 2. The fraction of sp³-hybridized carbons (Fsp3) is 0.333. The highest BCUT2D eigenvalue weighted by molar-refractivity contribution is 6.32. The molecule has 6 heteroatoms. The summed E-state index contributed by atoms with van der Waals surface area (Å²) < 4.78 is 1.45. The fourth-order valence-corrected chi connectivity index (χ4v) is 2.66. The van der Waals surface area contributed by atoms with Gasteiger partial charge in [-0.25, -0.2) is 9.48 Å². The maximum absolute atomic E-state index is 11.2. The number of hydrogen-bond donors (Lipinski definition) is 1. The molecule has 5 nitrogen and oxygen atoms in total. The first-order chi connectivity index (χ1) is 9.99. The summed E-state index contributed by atoms with van der Waals surface area (Å²) in [6, 6.07) is 7.74. The van der Waals surface area contributed by atoms with Crippen LogP contribution in [0, 0.1) is 6.92 Å². The zero-order valence-electron chi connectivity index (χ0n) is 12.3. The fourth-order valence-electron chi connectivity index (χ4n) is 2.31. The van der Waals surface area contributed by atoms with Gasteiger partial charge in [0.2, 0.25) is 0 Å². The molecule has 1 aromatic carbocycles. The van der Waals surface area contributed by atoms with Crippen LogP contribution in [0.2, 0.25) is 5.15 Å². The minimum atomic E-state index is -1.07. The van der Waals surface area contributed by atoms with Crippen molar-refractivity contribution in [2.24, 2.45) is 0 Å². The van der Waals surface area contributed by atoms with E-state index in [2.05, 4.69) is 23.8 Å². The van der Waals surface area contributed by atoms with Crippen molar-refractivity contribution in [2.75, 3.05) is 18.0 Å². The summed E-state index contributed by atoms with van der Waals surface area (Å²) in [6.07, 6.45) is 0. The first-order valence-corrected chi connectivity index (χ1v) is 7.21. The van der Waals surface area contributed by atoms with Gasteiger partial charge in [0, 0.05) is 18.8 Å². The topological polar surface area (TPSA) is 58.4 Å². The van der Waals surface area contributed by atoms with Gasteiger partial charge in [-0.3, -0.25) is 0 Å². The lowest BCUT2D eigenvalue weighted by Gasteiger charge is -2.21. The Morgan fingerprint density at radius 2 is 1.86 bits per heavy atom. The van der Waals surface area contributed by atoms with Crippen molar-refractivity contribution in [3.63, 3.8) is 0 Å². The predicted octanol–water partition coefficient (Wildman–Crippen LogP) is 3.38. The second-order valence-electron chi connectivity index (χ2n) is 4.66. The average Bonchev–Trinajstić information content (AvgIpc) is 2.76. The maximum atomic E-state index is 11.2. The molecule has 2 rings (SSSR count). The first kappa shape index (κ1) is 15.4. The Labute approximate surface area is 128 Å². The number of anilines is 1. The van der Waals surface area contributed by atoms with Crippen LogP contribution in [0.5, 0.6) is 0 Å². The molecule has 0 unspecified atom stereocenters. The van der Waals surface area contributed by atoms with Gasteiger partial charge in [-0.15, -0.1) is 0 Å². The van der Waals surface area contributed by atoms with Crippen LogP contribution in [0.1, 0.15) is 29.9 Å². The van der Waals surface area contributed by atoms with Gasteiger partial charge in [-0.2, -0.15) is 5.10 Å². The molecule has 0 amide bonds. The maximum Gasteiger partial charge on any atom is 0.340 e. The van der Waals surface area contributed by atoms with Gasteiger partial charge in [0.05, 0.1) is 11.4 Å². The molecule has 1 N–H and O–H groups in total. The highest BCUT2D eigenvalue weighted by Gasteiger charge is 2.20. The summed E-state index contributed by atoms with van der Waals surface area (Å²) >= 11 is 6.13. The Bertz CT molecular complexity index is 646. The molecule has 0 bridgehead atoms. The van der Waals surface area contributed by atoms with Gasteiger partial charge in [0.25, 0.3) is 0 Å². The van der Waals surface area contributed by atoms with Gasteiger partial charge < -0.3 is 10.0 Å². The SMILES string of the molecule is CCN(CC)c1ccc(-n2nc(C)c(C(=O)O)c2Cl)cc1. The number of hydrogen-bond acceptors (Lipinski definition) is 3. The van der Waals surface area contributed by atoms with Crippen LogP contribution in [0.15, 0.2) is 24.3 Å². The Morgan fingerprint density at radius 3 is 2.29 bits per heavy atom. The Kier molecular flexibility index (Phi) is 4.53. The zero-order chi connectivity index (χ0) is 15.6. The van der Waals surface area contributed by atoms with E-state index in [-0.39, 0.29) is 10.7 Å². The van der Waals surface area contributed by atoms with Crippen LogP contribution >= 0.6 is 11.6 Å². The van der Waals surface area contributed by atoms with Gasteiger partial charge in [-0.1, -0.05) is 11.6 Å². The number of aromatic carboxylic acids is 1. The second kappa shape index (κ2) is 6.18. The predicted molar refractivity (Wildman–Crippen MR) is 83.8 cm³/mol. The van der Waals surface area contributed by atoms with Gasteiger partial charge in [-0.05, 0) is 45.0 Å². The van der Waals surface area contributed by atoms with Crippen molar-refractivity contribution in [3.05, 3.63) is 40.7 Å². The van der Waals surface area contributed by atoms with Gasteiger partial charge in [0.15, 0.2) is 0 Å². The Balaban J connectivity index is 2.40. The zero-order valence-corrected chi connectivity index (χ0v) is 13.1. The van der Waals surface area contributed by atoms with Crippen molar-refractivity contribution in [3.8, 4) is 5.69 Å². The van der Waals surface area contributed by atoms with E-state index in [0.717, 1.165) is 24.5 Å². The molecule has 0 aliphatic rings. The molecule has 2 aromatic rings. The quantitative estimate of drug-likeness (QED) is 0.920. The molecule has 0 radical (unpaired) electrons. The summed E-state index contributed by atoms with van der Waals surface area (Å²) in [4.78, 5) is 13.4. The lowest BCUT2D eigenvalue weighted by Crippen LogP contribution is -2.21. The Morgan fingerprint density at radius 1 is 1.29 bits per heavy atom. The Hall–Kier alpha value is -2.01. The summed E-state index contributed by atoms with van der Waals surface area (Å²) in [5.74, 6) is -1.07. The summed E-state index contributed by atoms with van der Waals surface area (Å²) in [6.45, 7) is 7.70. The van der Waals surface area contributed by atoms with Crippen LogP contribution in [0.3, 0.4) is 0 Å². The first-order valence-electron chi connectivity index (χ1n) is 6.83. The van der Waals surface area contributed by atoms with Crippen LogP contribution in [-0.2, 0) is 0 Å². The average molecular weight is 308 g/mol. The van der Waals surface area contributed by atoms with E-state index in [0.29, 0.717) is 5.69 Å². The van der Waals surface area contributed by atoms with E-state index < -0.39 is 5.97 Å². The molecular weight excluding hydrogens is 290 g/mol. The third-order valence-corrected chi connectivity index (χ3v) is 3.79. The van der Waals surface area contributed by atoms with E-state index >= 15 is 0 Å². The van der Waals surface area contributed by atoms with Gasteiger partial charge in [0.1, 0.15) is 10.7 Å². The molecular formula is C15H18ClN3O2. The number of carboxylic acid groups (broad SMARTS) is 1. The molecule has 0 fully saturated rings. The lowest BCUT2D eigenvalue weighted by molar-refractivity contribution is 0.0696. The molecule has 0 atom stereocenters. The van der Waals surface area contributed by atoms with Crippen molar-refractivity contribution >= 4 is 23.3 Å². The lowest BCUT2D eigenvalue weighted by atomic mass is 10.2. The molecule has 21 heavy (non-hydrogen) atoms. The highest BCUT2D eigenvalue weighted by atomic mass is 35.5.